The molecule has 0 atom stereocenters. The second-order valence-electron chi connectivity index (χ2n) is 3.79. The Bertz CT molecular complexity index is 393. The summed E-state index contributed by atoms with van der Waals surface area (Å²) in [5, 5.41) is 0. The van der Waals surface area contributed by atoms with Gasteiger partial charge < -0.3 is 4.74 Å². The van der Waals surface area contributed by atoms with E-state index in [9.17, 15) is 4.79 Å². The number of rotatable bonds is 1. The average molecular weight is 227 g/mol. The Kier molecular flexibility index (Phi) is 3.40. The fourth-order valence-corrected chi connectivity index (χ4v) is 1.78. The predicted molar refractivity (Wildman–Crippen MR) is 62.0 cm³/mol. The van der Waals surface area contributed by atoms with Gasteiger partial charge in [0.25, 0.3) is 0 Å². The highest BCUT2D eigenvalue weighted by Gasteiger charge is 2.15. The molecule has 0 bridgehead atoms. The Hall–Kier alpha value is -1.02. The van der Waals surface area contributed by atoms with Crippen molar-refractivity contribution in [1.29, 1.82) is 0 Å². The first-order valence-electron chi connectivity index (χ1n) is 4.80. The molecule has 0 N–H and O–H groups in total. The SMILES string of the molecule is Cc1c(C)c(C)c(OC(=O)Cl)c(C)c1C. The third-order valence-electron chi connectivity index (χ3n) is 3.11. The summed E-state index contributed by atoms with van der Waals surface area (Å²) in [6.45, 7) is 9.97. The van der Waals surface area contributed by atoms with Gasteiger partial charge >= 0.3 is 5.43 Å². The van der Waals surface area contributed by atoms with Crippen LogP contribution in [0.5, 0.6) is 5.75 Å². The van der Waals surface area contributed by atoms with Crippen LogP contribution in [0.25, 0.3) is 0 Å². The van der Waals surface area contributed by atoms with E-state index < -0.39 is 5.43 Å². The zero-order valence-electron chi connectivity index (χ0n) is 9.69. The van der Waals surface area contributed by atoms with Crippen LogP contribution in [0.2, 0.25) is 0 Å². The third-order valence-corrected chi connectivity index (χ3v) is 3.19. The van der Waals surface area contributed by atoms with Crippen molar-refractivity contribution in [2.45, 2.75) is 34.6 Å². The zero-order valence-corrected chi connectivity index (χ0v) is 10.5. The van der Waals surface area contributed by atoms with Gasteiger partial charge in [0.1, 0.15) is 5.75 Å². The molecule has 1 aromatic rings. The lowest BCUT2D eigenvalue weighted by molar-refractivity contribution is 0.225. The molecule has 0 heterocycles. The molecule has 0 aliphatic carbocycles. The highest BCUT2D eigenvalue weighted by Crippen LogP contribution is 2.32. The van der Waals surface area contributed by atoms with Crippen LogP contribution in [0.1, 0.15) is 27.8 Å². The van der Waals surface area contributed by atoms with Gasteiger partial charge in [-0.2, -0.15) is 0 Å². The molecule has 0 aliphatic rings. The lowest BCUT2D eigenvalue weighted by atomic mass is 9.94. The molecule has 0 saturated carbocycles. The number of hydrogen-bond acceptors (Lipinski definition) is 2. The van der Waals surface area contributed by atoms with E-state index in [0.29, 0.717) is 5.75 Å². The highest BCUT2D eigenvalue weighted by atomic mass is 35.5. The smallest absolute Gasteiger partial charge is 0.409 e. The number of ether oxygens (including phenoxy) is 1. The first-order chi connectivity index (χ1) is 6.86. The van der Waals surface area contributed by atoms with E-state index in [1.165, 1.54) is 5.56 Å². The van der Waals surface area contributed by atoms with Gasteiger partial charge in [-0.1, -0.05) is 0 Å². The van der Waals surface area contributed by atoms with E-state index in [1.807, 2.05) is 27.7 Å². The quantitative estimate of drug-likeness (QED) is 0.678. The van der Waals surface area contributed by atoms with Gasteiger partial charge in [-0.05, 0) is 62.4 Å². The fraction of sp³-hybridized carbons (Fsp3) is 0.417. The van der Waals surface area contributed by atoms with Crippen LogP contribution in [-0.4, -0.2) is 5.43 Å². The molecular weight excluding hydrogens is 212 g/mol. The van der Waals surface area contributed by atoms with Gasteiger partial charge in [0.05, 0.1) is 0 Å². The summed E-state index contributed by atoms with van der Waals surface area (Å²) in [5.41, 5.74) is 4.69. The lowest BCUT2D eigenvalue weighted by Crippen LogP contribution is -2.04. The molecule has 1 aromatic carbocycles. The number of carbonyl (C=O) groups excluding carboxylic acids is 1. The van der Waals surface area contributed by atoms with Crippen LogP contribution >= 0.6 is 11.6 Å². The molecule has 15 heavy (non-hydrogen) atoms. The zero-order chi connectivity index (χ0) is 11.7. The monoisotopic (exact) mass is 226 g/mol. The maximum atomic E-state index is 10.8. The lowest BCUT2D eigenvalue weighted by Gasteiger charge is -2.16. The van der Waals surface area contributed by atoms with Crippen molar-refractivity contribution >= 4 is 17.0 Å². The minimum Gasteiger partial charge on any atom is -0.414 e. The average Bonchev–Trinajstić information content (AvgIpc) is 2.18. The number of halogens is 1. The van der Waals surface area contributed by atoms with Crippen LogP contribution in [-0.2, 0) is 0 Å². The summed E-state index contributed by atoms with van der Waals surface area (Å²) in [7, 11) is 0. The maximum Gasteiger partial charge on any atom is 0.409 e. The fourth-order valence-electron chi connectivity index (χ4n) is 1.70. The molecule has 0 saturated heterocycles. The summed E-state index contributed by atoms with van der Waals surface area (Å²) < 4.78 is 5.02. The van der Waals surface area contributed by atoms with E-state index in [-0.39, 0.29) is 0 Å². The molecule has 2 nitrogen and oxygen atoms in total. The largest absolute Gasteiger partial charge is 0.414 e. The minimum absolute atomic E-state index is 0.593. The number of carbonyl (C=O) groups is 1. The molecular formula is C12H15ClO2. The number of hydrogen-bond donors (Lipinski definition) is 0. The summed E-state index contributed by atoms with van der Waals surface area (Å²) in [4.78, 5) is 10.8. The van der Waals surface area contributed by atoms with Crippen molar-refractivity contribution < 1.29 is 9.53 Å². The summed E-state index contributed by atoms with van der Waals surface area (Å²) in [6.07, 6.45) is 0. The molecule has 0 amide bonds. The molecule has 1 rings (SSSR count). The Morgan fingerprint density at radius 3 is 1.53 bits per heavy atom. The van der Waals surface area contributed by atoms with Crippen LogP contribution < -0.4 is 4.74 Å². The van der Waals surface area contributed by atoms with Crippen molar-refractivity contribution in [3.63, 3.8) is 0 Å². The second kappa shape index (κ2) is 4.23. The second-order valence-corrected chi connectivity index (χ2v) is 4.10. The van der Waals surface area contributed by atoms with Crippen LogP contribution in [0, 0.1) is 34.6 Å². The van der Waals surface area contributed by atoms with E-state index in [1.54, 1.807) is 0 Å². The predicted octanol–water partition coefficient (Wildman–Crippen LogP) is 3.97. The summed E-state index contributed by atoms with van der Waals surface area (Å²) in [6, 6.07) is 0. The Balaban J connectivity index is 3.45. The van der Waals surface area contributed by atoms with Gasteiger partial charge in [-0.3, -0.25) is 0 Å². The Morgan fingerprint density at radius 1 is 0.867 bits per heavy atom. The minimum atomic E-state index is -0.788. The number of benzene rings is 1. The molecule has 0 fully saturated rings. The molecule has 3 heteroatoms. The summed E-state index contributed by atoms with van der Waals surface area (Å²) >= 11 is 5.24. The normalized spacial score (nSPS) is 10.3. The van der Waals surface area contributed by atoms with Gasteiger partial charge in [-0.15, -0.1) is 0 Å². The van der Waals surface area contributed by atoms with Gasteiger partial charge in [0.2, 0.25) is 0 Å². The van der Waals surface area contributed by atoms with Crippen molar-refractivity contribution in [3.05, 3.63) is 27.8 Å². The topological polar surface area (TPSA) is 26.3 Å². The standard InChI is InChI=1S/C12H15ClO2/c1-6-7(2)9(4)11(15-12(13)14)10(5)8(6)3/h1-5H3. The molecule has 0 aromatic heterocycles. The van der Waals surface area contributed by atoms with Gasteiger partial charge in [0.15, 0.2) is 0 Å². The first-order valence-corrected chi connectivity index (χ1v) is 5.18. The molecule has 0 radical (unpaired) electrons. The third kappa shape index (κ3) is 2.15. The molecule has 0 spiro atoms. The van der Waals surface area contributed by atoms with Crippen LogP contribution in [0.4, 0.5) is 4.79 Å². The van der Waals surface area contributed by atoms with Crippen molar-refractivity contribution in [2.24, 2.45) is 0 Å². The van der Waals surface area contributed by atoms with E-state index >= 15 is 0 Å². The Labute approximate surface area is 95.2 Å². The maximum absolute atomic E-state index is 10.8. The van der Waals surface area contributed by atoms with Gasteiger partial charge in [-0.25, -0.2) is 4.79 Å². The van der Waals surface area contributed by atoms with Crippen LogP contribution in [0.15, 0.2) is 0 Å². The van der Waals surface area contributed by atoms with E-state index in [2.05, 4.69) is 6.92 Å². The van der Waals surface area contributed by atoms with Crippen molar-refractivity contribution in [3.8, 4) is 5.75 Å². The summed E-state index contributed by atoms with van der Waals surface area (Å²) in [5.74, 6) is 0.593. The van der Waals surface area contributed by atoms with Crippen molar-refractivity contribution in [2.75, 3.05) is 0 Å². The molecule has 0 aliphatic heterocycles. The van der Waals surface area contributed by atoms with E-state index in [4.69, 9.17) is 16.3 Å². The molecule has 82 valence electrons. The van der Waals surface area contributed by atoms with E-state index in [0.717, 1.165) is 22.3 Å². The molecule has 0 unspecified atom stereocenters. The van der Waals surface area contributed by atoms with Crippen molar-refractivity contribution in [1.82, 2.24) is 0 Å². The highest BCUT2D eigenvalue weighted by molar-refractivity contribution is 6.61. The van der Waals surface area contributed by atoms with Crippen LogP contribution in [0.3, 0.4) is 0 Å². The Morgan fingerprint density at radius 2 is 1.20 bits per heavy atom. The first kappa shape index (κ1) is 12.1. The van der Waals surface area contributed by atoms with Gasteiger partial charge in [0, 0.05) is 11.6 Å².